The molecule has 2 rings (SSSR count). The number of aromatic nitrogens is 2. The van der Waals surface area contributed by atoms with E-state index >= 15 is 0 Å². The van der Waals surface area contributed by atoms with E-state index in [2.05, 4.69) is 20.8 Å². The number of ether oxygens (including phenoxy) is 1. The Morgan fingerprint density at radius 3 is 2.64 bits per heavy atom. The van der Waals surface area contributed by atoms with Crippen LogP contribution in [0.2, 0.25) is 0 Å². The summed E-state index contributed by atoms with van der Waals surface area (Å²) in [6.45, 7) is 4.08. The van der Waals surface area contributed by atoms with Crippen LogP contribution in [0, 0.1) is 9.87 Å². The summed E-state index contributed by atoms with van der Waals surface area (Å²) in [4.78, 5) is 24.4. The van der Waals surface area contributed by atoms with Gasteiger partial charge in [0, 0.05) is 0 Å². The van der Waals surface area contributed by atoms with Crippen LogP contribution in [0.4, 0.5) is 9.93 Å². The lowest BCUT2D eigenvalue weighted by Gasteiger charge is -2.19. The van der Waals surface area contributed by atoms with Gasteiger partial charge in [-0.1, -0.05) is 55.5 Å². The molecule has 0 spiro atoms. The maximum Gasteiger partial charge on any atom is 0.408 e. The molecule has 7 nitrogen and oxygen atoms in total. The van der Waals surface area contributed by atoms with E-state index in [1.165, 1.54) is 0 Å². The number of hydrogen-bond donors (Lipinski definition) is 3. The smallest absolute Gasteiger partial charge is 0.408 e. The van der Waals surface area contributed by atoms with Crippen molar-refractivity contribution in [2.75, 3.05) is 5.32 Å². The number of H-pyrrole nitrogens is 1. The molecule has 3 N–H and O–H groups in total. The summed E-state index contributed by atoms with van der Waals surface area (Å²) in [5, 5.41) is 12.1. The van der Waals surface area contributed by atoms with Crippen LogP contribution >= 0.6 is 23.6 Å². The lowest BCUT2D eigenvalue weighted by atomic mass is 10.0. The number of carbonyl (C=O) groups is 2. The van der Waals surface area contributed by atoms with Gasteiger partial charge in [0.05, 0.1) is 0 Å². The van der Waals surface area contributed by atoms with Crippen LogP contribution in [0.1, 0.15) is 25.8 Å². The molecule has 25 heavy (non-hydrogen) atoms. The van der Waals surface area contributed by atoms with E-state index in [4.69, 9.17) is 17.0 Å². The fourth-order valence-corrected chi connectivity index (χ4v) is 2.88. The molecular weight excluding hydrogens is 360 g/mol. The molecule has 0 saturated heterocycles. The number of benzene rings is 1. The Balaban J connectivity index is 1.92. The molecule has 1 heterocycles. The van der Waals surface area contributed by atoms with Gasteiger partial charge in [0.25, 0.3) is 0 Å². The number of anilines is 1. The molecule has 0 fully saturated rings. The van der Waals surface area contributed by atoms with E-state index in [1.54, 1.807) is 0 Å². The first-order chi connectivity index (χ1) is 11.9. The molecule has 9 heteroatoms. The van der Waals surface area contributed by atoms with Gasteiger partial charge in [-0.25, -0.2) is 4.79 Å². The van der Waals surface area contributed by atoms with Crippen LogP contribution in [0.25, 0.3) is 0 Å². The second-order valence-corrected chi connectivity index (χ2v) is 7.46. The third-order valence-electron chi connectivity index (χ3n) is 3.20. The normalized spacial score (nSPS) is 11.8. The van der Waals surface area contributed by atoms with Crippen molar-refractivity contribution in [3.05, 3.63) is 39.8 Å². The number of hydrogen-bond acceptors (Lipinski definition) is 6. The summed E-state index contributed by atoms with van der Waals surface area (Å²) < 4.78 is 5.64. The molecule has 2 aromatic rings. The van der Waals surface area contributed by atoms with Gasteiger partial charge < -0.3 is 10.1 Å². The Morgan fingerprint density at radius 2 is 2.04 bits per heavy atom. The Morgan fingerprint density at radius 1 is 1.32 bits per heavy atom. The van der Waals surface area contributed by atoms with E-state index in [-0.39, 0.29) is 18.4 Å². The lowest BCUT2D eigenvalue weighted by Crippen LogP contribution is -2.44. The number of rotatable bonds is 7. The number of nitrogens with zero attached hydrogens (tertiary/aromatic N) is 1. The molecule has 2 amide bonds. The third-order valence-corrected chi connectivity index (χ3v) is 4.20. The van der Waals surface area contributed by atoms with E-state index in [0.717, 1.165) is 16.9 Å². The summed E-state index contributed by atoms with van der Waals surface area (Å²) in [5.74, 6) is -0.148. The van der Waals surface area contributed by atoms with Gasteiger partial charge >= 0.3 is 6.09 Å². The number of aromatic amines is 1. The first-order valence-corrected chi connectivity index (χ1v) is 9.00. The first-order valence-electron chi connectivity index (χ1n) is 7.77. The zero-order valence-corrected chi connectivity index (χ0v) is 15.6. The molecule has 134 valence electrons. The monoisotopic (exact) mass is 380 g/mol. The van der Waals surface area contributed by atoms with Crippen molar-refractivity contribution in [1.29, 1.82) is 0 Å². The molecule has 0 bridgehead atoms. The van der Waals surface area contributed by atoms with Crippen LogP contribution in [0.3, 0.4) is 0 Å². The molecule has 0 unspecified atom stereocenters. The van der Waals surface area contributed by atoms with Crippen LogP contribution in [-0.4, -0.2) is 28.2 Å². The van der Waals surface area contributed by atoms with Gasteiger partial charge in [0.15, 0.2) is 3.95 Å². The number of carbonyl (C=O) groups excluding carboxylic acids is 2. The Kier molecular flexibility index (Phi) is 7.08. The van der Waals surface area contributed by atoms with Gasteiger partial charge in [0.2, 0.25) is 11.0 Å². The number of amides is 2. The molecule has 1 atom stereocenters. The van der Waals surface area contributed by atoms with Crippen molar-refractivity contribution in [2.24, 2.45) is 5.92 Å². The average Bonchev–Trinajstić information content (AvgIpc) is 2.98. The topological polar surface area (TPSA) is 96.1 Å². The average molecular weight is 380 g/mol. The summed E-state index contributed by atoms with van der Waals surface area (Å²) in [6.07, 6.45) is -0.165. The van der Waals surface area contributed by atoms with Gasteiger partial charge in [-0.3, -0.25) is 15.2 Å². The van der Waals surface area contributed by atoms with Crippen molar-refractivity contribution in [2.45, 2.75) is 32.9 Å². The van der Waals surface area contributed by atoms with Gasteiger partial charge in [0.1, 0.15) is 12.6 Å². The van der Waals surface area contributed by atoms with Gasteiger partial charge in [-0.2, -0.15) is 0 Å². The van der Waals surface area contributed by atoms with Crippen LogP contribution < -0.4 is 10.6 Å². The minimum atomic E-state index is -0.722. The fraction of sp³-hybridized carbons (Fsp3) is 0.375. The fourth-order valence-electron chi connectivity index (χ4n) is 2.09. The predicted molar refractivity (Wildman–Crippen MR) is 98.9 cm³/mol. The molecular formula is C16H20N4O3S2. The minimum Gasteiger partial charge on any atom is -0.445 e. The first kappa shape index (κ1) is 19.1. The van der Waals surface area contributed by atoms with E-state index in [1.807, 2.05) is 44.2 Å². The standard InChI is InChI=1S/C16H20N4O3S2/c1-10(2)8-12(13(21)18-14-19-20-16(24)25-14)17-15(22)23-9-11-6-4-3-5-7-11/h3-7,10,12H,8-9H2,1-2H3,(H,17,22)(H,20,24)(H,18,19,21)/t12-/m0/s1. The van der Waals surface area contributed by atoms with Gasteiger partial charge in [-0.15, -0.1) is 5.10 Å². The molecule has 0 aliphatic carbocycles. The maximum atomic E-state index is 12.4. The highest BCUT2D eigenvalue weighted by molar-refractivity contribution is 7.73. The maximum absolute atomic E-state index is 12.4. The van der Waals surface area contributed by atoms with Gasteiger partial charge in [-0.05, 0) is 30.1 Å². The van der Waals surface area contributed by atoms with Crippen molar-refractivity contribution in [1.82, 2.24) is 15.5 Å². The van der Waals surface area contributed by atoms with Crippen molar-refractivity contribution in [3.8, 4) is 0 Å². The van der Waals surface area contributed by atoms with Crippen LogP contribution in [-0.2, 0) is 16.1 Å². The van der Waals surface area contributed by atoms with Crippen molar-refractivity contribution < 1.29 is 14.3 Å². The van der Waals surface area contributed by atoms with Crippen molar-refractivity contribution >= 4 is 40.7 Å². The van der Waals surface area contributed by atoms with Crippen LogP contribution in [0.5, 0.6) is 0 Å². The molecule has 0 aliphatic heterocycles. The Hall–Kier alpha value is -2.26. The number of nitrogens with one attached hydrogen (secondary N) is 3. The van der Waals surface area contributed by atoms with Crippen LogP contribution in [0.15, 0.2) is 30.3 Å². The second kappa shape index (κ2) is 9.28. The molecule has 0 radical (unpaired) electrons. The zero-order chi connectivity index (χ0) is 18.2. The predicted octanol–water partition coefficient (Wildman–Crippen LogP) is 3.48. The van der Waals surface area contributed by atoms with Crippen molar-refractivity contribution in [3.63, 3.8) is 0 Å². The highest BCUT2D eigenvalue weighted by atomic mass is 32.1. The summed E-state index contributed by atoms with van der Waals surface area (Å²) >= 11 is 6.08. The lowest BCUT2D eigenvalue weighted by molar-refractivity contribution is -0.118. The summed E-state index contributed by atoms with van der Waals surface area (Å²) in [6, 6.07) is 8.61. The van der Waals surface area contributed by atoms with E-state index < -0.39 is 12.1 Å². The minimum absolute atomic E-state index is 0.142. The summed E-state index contributed by atoms with van der Waals surface area (Å²) in [5.41, 5.74) is 0.874. The Labute approximate surface area is 154 Å². The van der Waals surface area contributed by atoms with E-state index in [0.29, 0.717) is 15.5 Å². The molecule has 0 saturated carbocycles. The molecule has 1 aromatic heterocycles. The highest BCUT2D eigenvalue weighted by Gasteiger charge is 2.23. The number of alkyl carbamates (subject to hydrolysis) is 1. The zero-order valence-electron chi connectivity index (χ0n) is 13.9. The SMILES string of the molecule is CC(C)C[C@H](NC(=O)OCc1ccccc1)C(=O)Nc1n[nH]c(=S)s1. The Bertz CT molecular complexity index is 758. The van der Waals surface area contributed by atoms with E-state index in [9.17, 15) is 9.59 Å². The molecule has 1 aromatic carbocycles. The summed E-state index contributed by atoms with van der Waals surface area (Å²) in [7, 11) is 0. The highest BCUT2D eigenvalue weighted by Crippen LogP contribution is 2.13. The largest absolute Gasteiger partial charge is 0.445 e. The second-order valence-electron chi connectivity index (χ2n) is 5.80. The molecule has 0 aliphatic rings. The quantitative estimate of drug-likeness (QED) is 0.639. The third kappa shape index (κ3) is 6.63.